The standard InChI is InChI=1S/C15H11BrF2O/c1-10-12(11-6-3-2-4-7-11)8-5-9-13(10)14(19)15(16,17)18/h2-9H,1H3. The van der Waals surface area contributed by atoms with Crippen LogP contribution in [0.15, 0.2) is 48.5 Å². The van der Waals surface area contributed by atoms with Gasteiger partial charge in [-0.25, -0.2) is 0 Å². The topological polar surface area (TPSA) is 17.1 Å². The molecule has 2 aromatic carbocycles. The van der Waals surface area contributed by atoms with E-state index in [2.05, 4.69) is 15.9 Å². The Balaban J connectivity index is 2.54. The van der Waals surface area contributed by atoms with Crippen molar-refractivity contribution in [3.8, 4) is 11.1 Å². The molecule has 0 saturated heterocycles. The predicted octanol–water partition coefficient (Wildman–Crippen LogP) is 4.83. The van der Waals surface area contributed by atoms with E-state index in [4.69, 9.17) is 0 Å². The number of benzene rings is 2. The number of hydrogen-bond acceptors (Lipinski definition) is 1. The Morgan fingerprint density at radius 1 is 1.05 bits per heavy atom. The molecule has 0 aliphatic rings. The normalized spacial score (nSPS) is 11.4. The van der Waals surface area contributed by atoms with Gasteiger partial charge in [0.25, 0.3) is 0 Å². The third-order valence-electron chi connectivity index (χ3n) is 2.92. The van der Waals surface area contributed by atoms with Gasteiger partial charge in [0.15, 0.2) is 0 Å². The largest absolute Gasteiger partial charge is 0.363 e. The van der Waals surface area contributed by atoms with Crippen molar-refractivity contribution >= 4 is 21.7 Å². The van der Waals surface area contributed by atoms with Crippen LogP contribution in [-0.2, 0) is 0 Å². The average Bonchev–Trinajstić information content (AvgIpc) is 2.38. The van der Waals surface area contributed by atoms with Crippen LogP contribution in [0.25, 0.3) is 11.1 Å². The van der Waals surface area contributed by atoms with Crippen molar-refractivity contribution in [2.45, 2.75) is 11.8 Å². The molecule has 98 valence electrons. The van der Waals surface area contributed by atoms with E-state index in [0.29, 0.717) is 5.56 Å². The highest BCUT2D eigenvalue weighted by atomic mass is 79.9. The molecule has 0 aliphatic carbocycles. The van der Waals surface area contributed by atoms with Crippen LogP contribution in [-0.4, -0.2) is 10.6 Å². The number of hydrogen-bond donors (Lipinski definition) is 0. The summed E-state index contributed by atoms with van der Waals surface area (Å²) in [4.78, 5) is 8.14. The Bertz CT molecular complexity index is 603. The summed E-state index contributed by atoms with van der Waals surface area (Å²) >= 11 is 2.11. The van der Waals surface area contributed by atoms with Crippen molar-refractivity contribution in [2.24, 2.45) is 0 Å². The van der Waals surface area contributed by atoms with Gasteiger partial charge in [-0.05, 0) is 39.5 Å². The van der Waals surface area contributed by atoms with Crippen molar-refractivity contribution < 1.29 is 13.6 Å². The lowest BCUT2D eigenvalue weighted by Gasteiger charge is -2.13. The van der Waals surface area contributed by atoms with Gasteiger partial charge >= 0.3 is 4.83 Å². The maximum Gasteiger partial charge on any atom is 0.363 e. The summed E-state index contributed by atoms with van der Waals surface area (Å²) in [6, 6.07) is 14.2. The first kappa shape index (κ1) is 13.9. The van der Waals surface area contributed by atoms with E-state index in [0.717, 1.165) is 11.1 Å². The zero-order valence-electron chi connectivity index (χ0n) is 10.2. The lowest BCUT2D eigenvalue weighted by atomic mass is 9.95. The summed E-state index contributed by atoms with van der Waals surface area (Å²) in [7, 11) is 0. The summed E-state index contributed by atoms with van der Waals surface area (Å²) in [5.74, 6) is -1.22. The highest BCUT2D eigenvalue weighted by Crippen LogP contribution is 2.31. The first-order chi connectivity index (χ1) is 8.91. The fraction of sp³-hybridized carbons (Fsp3) is 0.133. The van der Waals surface area contributed by atoms with Crippen LogP contribution >= 0.6 is 15.9 Å². The molecule has 2 rings (SSSR count). The van der Waals surface area contributed by atoms with Crippen molar-refractivity contribution in [1.82, 2.24) is 0 Å². The zero-order valence-corrected chi connectivity index (χ0v) is 11.7. The highest BCUT2D eigenvalue weighted by molar-refractivity contribution is 9.10. The van der Waals surface area contributed by atoms with Gasteiger partial charge in [-0.1, -0.05) is 48.5 Å². The van der Waals surface area contributed by atoms with Crippen LogP contribution in [0.5, 0.6) is 0 Å². The molecule has 0 saturated carbocycles. The first-order valence-electron chi connectivity index (χ1n) is 5.68. The molecule has 0 unspecified atom stereocenters. The Kier molecular flexibility index (Phi) is 3.80. The molecule has 0 heterocycles. The lowest BCUT2D eigenvalue weighted by Crippen LogP contribution is -2.21. The summed E-state index contributed by atoms with van der Waals surface area (Å²) in [6.45, 7) is 1.67. The minimum absolute atomic E-state index is 0.0308. The van der Waals surface area contributed by atoms with E-state index < -0.39 is 10.6 Å². The molecule has 2 aromatic rings. The smallest absolute Gasteiger partial charge is 0.286 e. The minimum Gasteiger partial charge on any atom is -0.286 e. The monoisotopic (exact) mass is 324 g/mol. The third kappa shape index (κ3) is 2.89. The Hall–Kier alpha value is -1.55. The van der Waals surface area contributed by atoms with Gasteiger partial charge in [-0.2, -0.15) is 8.78 Å². The van der Waals surface area contributed by atoms with E-state index in [-0.39, 0.29) is 5.56 Å². The molecule has 0 bridgehead atoms. The van der Waals surface area contributed by atoms with E-state index in [1.807, 2.05) is 36.4 Å². The molecule has 4 heteroatoms. The number of halogens is 3. The van der Waals surface area contributed by atoms with Crippen LogP contribution < -0.4 is 0 Å². The molecule has 0 radical (unpaired) electrons. The first-order valence-corrected chi connectivity index (χ1v) is 6.47. The highest BCUT2D eigenvalue weighted by Gasteiger charge is 2.36. The summed E-state index contributed by atoms with van der Waals surface area (Å²) < 4.78 is 26.2. The van der Waals surface area contributed by atoms with Gasteiger partial charge in [-0.15, -0.1) is 0 Å². The Labute approximate surface area is 118 Å². The van der Waals surface area contributed by atoms with Gasteiger partial charge in [0.1, 0.15) is 0 Å². The lowest BCUT2D eigenvalue weighted by molar-refractivity contribution is 0.0592. The summed E-state index contributed by atoms with van der Waals surface area (Å²) in [6.07, 6.45) is 0. The molecule has 0 aliphatic heterocycles. The Morgan fingerprint density at radius 3 is 2.26 bits per heavy atom. The van der Waals surface area contributed by atoms with Gasteiger partial charge < -0.3 is 0 Å². The van der Waals surface area contributed by atoms with Crippen molar-refractivity contribution in [3.63, 3.8) is 0 Å². The second-order valence-electron chi connectivity index (χ2n) is 4.17. The average molecular weight is 325 g/mol. The third-order valence-corrected chi connectivity index (χ3v) is 3.28. The fourth-order valence-corrected chi connectivity index (χ4v) is 2.18. The molecule has 0 atom stereocenters. The number of ketones is 1. The second kappa shape index (κ2) is 5.21. The van der Waals surface area contributed by atoms with E-state index in [1.165, 1.54) is 6.07 Å². The van der Waals surface area contributed by atoms with Crippen LogP contribution in [0.4, 0.5) is 8.78 Å². The van der Waals surface area contributed by atoms with Crippen molar-refractivity contribution in [1.29, 1.82) is 0 Å². The molecule has 0 N–H and O–H groups in total. The van der Waals surface area contributed by atoms with Crippen LogP contribution in [0.2, 0.25) is 0 Å². The second-order valence-corrected chi connectivity index (χ2v) is 5.17. The molecular weight excluding hydrogens is 314 g/mol. The molecule has 0 spiro atoms. The molecule has 0 amide bonds. The summed E-state index contributed by atoms with van der Waals surface area (Å²) in [5, 5.41) is 0. The van der Waals surface area contributed by atoms with Crippen LogP contribution in [0.1, 0.15) is 15.9 Å². The number of Topliss-reactive ketones (excluding diaryl/α,β-unsaturated/α-hetero) is 1. The zero-order chi connectivity index (χ0) is 14.0. The van der Waals surface area contributed by atoms with Gasteiger partial charge in [0, 0.05) is 5.56 Å². The van der Waals surface area contributed by atoms with Gasteiger partial charge in [0.05, 0.1) is 0 Å². The molecule has 1 nitrogen and oxygen atoms in total. The van der Waals surface area contributed by atoms with E-state index in [9.17, 15) is 13.6 Å². The maximum absolute atomic E-state index is 13.1. The van der Waals surface area contributed by atoms with Gasteiger partial charge in [0.2, 0.25) is 5.78 Å². The molecule has 19 heavy (non-hydrogen) atoms. The maximum atomic E-state index is 13.1. The summed E-state index contributed by atoms with van der Waals surface area (Å²) in [5.41, 5.74) is 2.26. The van der Waals surface area contributed by atoms with Crippen LogP contribution in [0.3, 0.4) is 0 Å². The molecule has 0 fully saturated rings. The number of rotatable bonds is 3. The predicted molar refractivity (Wildman–Crippen MR) is 74.8 cm³/mol. The molecular formula is C15H11BrF2O. The number of carbonyl (C=O) groups excluding carboxylic acids is 1. The minimum atomic E-state index is -3.53. The van der Waals surface area contributed by atoms with E-state index in [1.54, 1.807) is 13.0 Å². The van der Waals surface area contributed by atoms with E-state index >= 15 is 0 Å². The number of alkyl halides is 3. The number of carbonyl (C=O) groups is 1. The quantitative estimate of drug-likeness (QED) is 0.583. The van der Waals surface area contributed by atoms with Crippen molar-refractivity contribution in [3.05, 3.63) is 59.7 Å². The SMILES string of the molecule is Cc1c(C(=O)C(F)(F)Br)cccc1-c1ccccc1. The fourth-order valence-electron chi connectivity index (χ4n) is 1.96. The molecule has 0 aromatic heterocycles. The Morgan fingerprint density at radius 2 is 1.68 bits per heavy atom. The van der Waals surface area contributed by atoms with Crippen LogP contribution in [0, 0.1) is 6.92 Å². The van der Waals surface area contributed by atoms with Gasteiger partial charge in [-0.3, -0.25) is 4.79 Å². The van der Waals surface area contributed by atoms with Crippen molar-refractivity contribution in [2.75, 3.05) is 0 Å².